The number of benzene rings is 1. The summed E-state index contributed by atoms with van der Waals surface area (Å²) in [5, 5.41) is 3.10. The van der Waals surface area contributed by atoms with Crippen molar-refractivity contribution < 1.29 is 4.79 Å². The van der Waals surface area contributed by atoms with Gasteiger partial charge in [0, 0.05) is 17.3 Å². The van der Waals surface area contributed by atoms with Crippen LogP contribution in [0, 0.1) is 0 Å². The summed E-state index contributed by atoms with van der Waals surface area (Å²) in [6.45, 7) is 0. The van der Waals surface area contributed by atoms with Crippen molar-refractivity contribution in [1.29, 1.82) is 0 Å². The Morgan fingerprint density at radius 2 is 2.00 bits per heavy atom. The highest BCUT2D eigenvalue weighted by molar-refractivity contribution is 5.96. The molecule has 2 aliphatic carbocycles. The molecule has 0 radical (unpaired) electrons. The maximum atomic E-state index is 12.2. The number of hydrogen-bond acceptors (Lipinski definition) is 2. The minimum Gasteiger partial charge on any atom is -0.399 e. The molecule has 0 aromatic heterocycles. The number of anilines is 1. The van der Waals surface area contributed by atoms with E-state index in [-0.39, 0.29) is 5.91 Å². The Hall–Kier alpha value is -1.51. The number of carbonyl (C=O) groups excluding carboxylic acids is 1. The lowest BCUT2D eigenvalue weighted by molar-refractivity contribution is 0.0916. The standard InChI is InChI=1S/C14H18N2O/c15-10-6-7-12(13(8-10)9-4-5-9)14(17)16-11-2-1-3-11/h6-9,11H,1-5,15H2,(H,16,17). The Morgan fingerprint density at radius 3 is 2.59 bits per heavy atom. The zero-order valence-electron chi connectivity index (χ0n) is 9.91. The lowest BCUT2D eigenvalue weighted by atomic mass is 9.92. The quantitative estimate of drug-likeness (QED) is 0.783. The number of nitrogens with one attached hydrogen (secondary N) is 1. The van der Waals surface area contributed by atoms with Crippen LogP contribution >= 0.6 is 0 Å². The molecule has 3 nitrogen and oxygen atoms in total. The first kappa shape index (κ1) is 10.6. The van der Waals surface area contributed by atoms with E-state index in [9.17, 15) is 4.79 Å². The van der Waals surface area contributed by atoms with Gasteiger partial charge in [-0.05, 0) is 61.8 Å². The predicted octanol–water partition coefficient (Wildman–Crippen LogP) is 2.43. The van der Waals surface area contributed by atoms with E-state index >= 15 is 0 Å². The van der Waals surface area contributed by atoms with E-state index in [1.165, 1.54) is 19.3 Å². The lowest BCUT2D eigenvalue weighted by Gasteiger charge is -2.26. The van der Waals surface area contributed by atoms with Gasteiger partial charge in [-0.25, -0.2) is 0 Å². The average Bonchev–Trinajstić information content (AvgIpc) is 3.06. The highest BCUT2D eigenvalue weighted by atomic mass is 16.1. The predicted molar refractivity (Wildman–Crippen MR) is 67.9 cm³/mol. The van der Waals surface area contributed by atoms with Crippen molar-refractivity contribution in [3.05, 3.63) is 29.3 Å². The number of carbonyl (C=O) groups is 1. The summed E-state index contributed by atoms with van der Waals surface area (Å²) in [5.41, 5.74) is 8.52. The minimum absolute atomic E-state index is 0.0802. The molecule has 0 saturated heterocycles. The second-order valence-electron chi connectivity index (χ2n) is 5.22. The lowest BCUT2D eigenvalue weighted by Crippen LogP contribution is -2.39. The van der Waals surface area contributed by atoms with Crippen LogP contribution in [-0.2, 0) is 0 Å². The zero-order chi connectivity index (χ0) is 11.8. The van der Waals surface area contributed by atoms with Crippen molar-refractivity contribution in [2.24, 2.45) is 0 Å². The fourth-order valence-electron chi connectivity index (χ4n) is 2.34. The Kier molecular flexibility index (Phi) is 2.54. The van der Waals surface area contributed by atoms with Gasteiger partial charge in [-0.2, -0.15) is 0 Å². The third-order valence-electron chi connectivity index (χ3n) is 3.78. The van der Waals surface area contributed by atoms with E-state index in [0.717, 1.165) is 29.7 Å². The summed E-state index contributed by atoms with van der Waals surface area (Å²) < 4.78 is 0. The summed E-state index contributed by atoms with van der Waals surface area (Å²) in [5.74, 6) is 0.636. The largest absolute Gasteiger partial charge is 0.399 e. The van der Waals surface area contributed by atoms with Gasteiger partial charge in [-0.3, -0.25) is 4.79 Å². The van der Waals surface area contributed by atoms with Gasteiger partial charge in [-0.1, -0.05) is 0 Å². The van der Waals surface area contributed by atoms with Crippen molar-refractivity contribution in [2.45, 2.75) is 44.1 Å². The Bertz CT molecular complexity index is 448. The average molecular weight is 230 g/mol. The van der Waals surface area contributed by atoms with Gasteiger partial charge in [0.15, 0.2) is 0 Å². The van der Waals surface area contributed by atoms with Crippen LogP contribution in [0.5, 0.6) is 0 Å². The number of nitrogens with two attached hydrogens (primary N) is 1. The molecule has 2 saturated carbocycles. The highest BCUT2D eigenvalue weighted by Crippen LogP contribution is 2.42. The fourth-order valence-corrected chi connectivity index (χ4v) is 2.34. The molecule has 90 valence electrons. The van der Waals surface area contributed by atoms with E-state index in [2.05, 4.69) is 5.32 Å². The summed E-state index contributed by atoms with van der Waals surface area (Å²) in [7, 11) is 0. The van der Waals surface area contributed by atoms with Gasteiger partial charge in [-0.15, -0.1) is 0 Å². The second-order valence-corrected chi connectivity index (χ2v) is 5.22. The molecule has 3 N–H and O–H groups in total. The molecule has 1 aromatic rings. The number of amides is 1. The Morgan fingerprint density at radius 1 is 1.24 bits per heavy atom. The third kappa shape index (κ3) is 2.14. The maximum absolute atomic E-state index is 12.2. The van der Waals surface area contributed by atoms with Crippen LogP contribution in [-0.4, -0.2) is 11.9 Å². The normalized spacial score (nSPS) is 19.8. The molecule has 0 heterocycles. The molecule has 3 rings (SSSR count). The van der Waals surface area contributed by atoms with Gasteiger partial charge in [0.05, 0.1) is 0 Å². The van der Waals surface area contributed by atoms with E-state index < -0.39 is 0 Å². The summed E-state index contributed by atoms with van der Waals surface area (Å²) in [6, 6.07) is 6.05. The number of nitrogen functional groups attached to an aromatic ring is 1. The van der Waals surface area contributed by atoms with Gasteiger partial charge >= 0.3 is 0 Å². The Balaban J connectivity index is 1.82. The van der Waals surface area contributed by atoms with E-state index in [1.54, 1.807) is 0 Å². The molecule has 0 aliphatic heterocycles. The molecule has 0 bridgehead atoms. The van der Waals surface area contributed by atoms with Crippen molar-refractivity contribution in [1.82, 2.24) is 5.32 Å². The van der Waals surface area contributed by atoms with Crippen LogP contribution in [0.3, 0.4) is 0 Å². The molecule has 2 fully saturated rings. The first-order chi connectivity index (χ1) is 8.24. The maximum Gasteiger partial charge on any atom is 0.251 e. The molecule has 0 atom stereocenters. The monoisotopic (exact) mass is 230 g/mol. The van der Waals surface area contributed by atoms with E-state index in [0.29, 0.717) is 12.0 Å². The molecule has 3 heteroatoms. The van der Waals surface area contributed by atoms with E-state index in [4.69, 9.17) is 5.73 Å². The van der Waals surface area contributed by atoms with Crippen LogP contribution in [0.15, 0.2) is 18.2 Å². The summed E-state index contributed by atoms with van der Waals surface area (Å²) in [4.78, 5) is 12.2. The molecular weight excluding hydrogens is 212 g/mol. The van der Waals surface area contributed by atoms with E-state index in [1.807, 2.05) is 18.2 Å². The third-order valence-corrected chi connectivity index (χ3v) is 3.78. The van der Waals surface area contributed by atoms with Crippen molar-refractivity contribution >= 4 is 11.6 Å². The SMILES string of the molecule is Nc1ccc(C(=O)NC2CCC2)c(C2CC2)c1. The molecule has 0 unspecified atom stereocenters. The van der Waals surface area contributed by atoms with Crippen LogP contribution < -0.4 is 11.1 Å². The number of rotatable bonds is 3. The number of hydrogen-bond donors (Lipinski definition) is 2. The Labute approximate surface area is 101 Å². The van der Waals surface area contributed by atoms with Gasteiger partial charge in [0.2, 0.25) is 0 Å². The van der Waals surface area contributed by atoms with Gasteiger partial charge < -0.3 is 11.1 Å². The molecule has 1 aromatic carbocycles. The first-order valence-corrected chi connectivity index (χ1v) is 6.44. The van der Waals surface area contributed by atoms with Crippen LogP contribution in [0.4, 0.5) is 5.69 Å². The van der Waals surface area contributed by atoms with Crippen LogP contribution in [0.25, 0.3) is 0 Å². The molecular formula is C14H18N2O. The summed E-state index contributed by atoms with van der Waals surface area (Å²) >= 11 is 0. The van der Waals surface area contributed by atoms with Crippen molar-refractivity contribution in [3.63, 3.8) is 0 Å². The molecule has 2 aliphatic rings. The molecule has 0 spiro atoms. The van der Waals surface area contributed by atoms with Crippen molar-refractivity contribution in [2.75, 3.05) is 5.73 Å². The van der Waals surface area contributed by atoms with Crippen LogP contribution in [0.1, 0.15) is 53.9 Å². The first-order valence-electron chi connectivity index (χ1n) is 6.44. The fraction of sp³-hybridized carbons (Fsp3) is 0.500. The summed E-state index contributed by atoms with van der Waals surface area (Å²) in [6.07, 6.45) is 5.86. The molecule has 17 heavy (non-hydrogen) atoms. The topological polar surface area (TPSA) is 55.1 Å². The zero-order valence-corrected chi connectivity index (χ0v) is 9.91. The van der Waals surface area contributed by atoms with Gasteiger partial charge in [0.25, 0.3) is 5.91 Å². The molecule has 1 amide bonds. The van der Waals surface area contributed by atoms with Crippen LogP contribution in [0.2, 0.25) is 0 Å². The smallest absolute Gasteiger partial charge is 0.251 e. The second kappa shape index (κ2) is 4.06. The van der Waals surface area contributed by atoms with Gasteiger partial charge in [0.1, 0.15) is 0 Å². The minimum atomic E-state index is 0.0802. The highest BCUT2D eigenvalue weighted by Gasteiger charge is 2.29. The van der Waals surface area contributed by atoms with Crippen molar-refractivity contribution in [3.8, 4) is 0 Å².